The Hall–Kier alpha value is -1.73. The summed E-state index contributed by atoms with van der Waals surface area (Å²) in [4.78, 5) is 38.2. The lowest BCUT2D eigenvalue weighted by molar-refractivity contribution is -0.145. The van der Waals surface area contributed by atoms with Crippen LogP contribution in [0.5, 0.6) is 0 Å². The van der Waals surface area contributed by atoms with Gasteiger partial charge in [0.2, 0.25) is 0 Å². The second kappa shape index (κ2) is 4.89. The Balaban J connectivity index is 1.52. The normalized spacial score (nSPS) is 32.7. The van der Waals surface area contributed by atoms with Gasteiger partial charge in [0, 0.05) is 10.3 Å². The summed E-state index contributed by atoms with van der Waals surface area (Å²) >= 11 is 1.50. The van der Waals surface area contributed by atoms with Crippen LogP contribution in [0, 0.1) is 11.8 Å². The third-order valence-electron chi connectivity index (χ3n) is 4.76. The van der Waals surface area contributed by atoms with Crippen molar-refractivity contribution in [1.29, 1.82) is 0 Å². The molecule has 0 unspecified atom stereocenters. The van der Waals surface area contributed by atoms with Crippen molar-refractivity contribution >= 4 is 29.1 Å². The summed E-state index contributed by atoms with van der Waals surface area (Å²) in [5.74, 6) is -1.91. The highest BCUT2D eigenvalue weighted by Crippen LogP contribution is 2.48. The van der Waals surface area contributed by atoms with Crippen LogP contribution in [0.2, 0.25) is 0 Å². The van der Waals surface area contributed by atoms with Crippen LogP contribution in [0.15, 0.2) is 11.4 Å². The molecular weight excluding hydrogens is 304 g/mol. The van der Waals surface area contributed by atoms with E-state index >= 15 is 0 Å². The SMILES string of the molecule is CCc1cc(C(=O)NN2C(=O)[C@@H]3[C@@H](C2=O)[C@H]2CC[C@H]3O2)cs1. The van der Waals surface area contributed by atoms with Gasteiger partial charge < -0.3 is 4.74 Å². The highest BCUT2D eigenvalue weighted by Gasteiger charge is 2.62. The minimum Gasteiger partial charge on any atom is -0.373 e. The molecule has 1 N–H and O–H groups in total. The second-order valence-electron chi connectivity index (χ2n) is 5.95. The molecule has 7 heteroatoms. The summed E-state index contributed by atoms with van der Waals surface area (Å²) in [5, 5.41) is 2.65. The van der Waals surface area contributed by atoms with Gasteiger partial charge in [0.05, 0.1) is 29.6 Å². The average molecular weight is 320 g/mol. The number of carbonyl (C=O) groups excluding carboxylic acids is 3. The Morgan fingerprint density at radius 1 is 1.32 bits per heavy atom. The first-order chi connectivity index (χ1) is 10.6. The molecule has 1 aromatic rings. The van der Waals surface area contributed by atoms with E-state index in [1.165, 1.54) is 11.3 Å². The van der Waals surface area contributed by atoms with E-state index in [1.54, 1.807) is 11.4 Å². The molecule has 0 saturated carbocycles. The molecule has 4 rings (SSSR count). The van der Waals surface area contributed by atoms with Gasteiger partial charge in [-0.25, -0.2) is 0 Å². The largest absolute Gasteiger partial charge is 0.373 e. The molecule has 0 spiro atoms. The Morgan fingerprint density at radius 2 is 1.95 bits per heavy atom. The van der Waals surface area contributed by atoms with Gasteiger partial charge in [-0.15, -0.1) is 11.3 Å². The summed E-state index contributed by atoms with van der Waals surface area (Å²) in [5.41, 5.74) is 2.96. The molecular formula is C15H16N2O4S. The zero-order valence-electron chi connectivity index (χ0n) is 12.1. The van der Waals surface area contributed by atoms with Crippen molar-refractivity contribution in [2.45, 2.75) is 38.4 Å². The van der Waals surface area contributed by atoms with Crippen molar-refractivity contribution in [3.05, 3.63) is 21.9 Å². The fourth-order valence-electron chi connectivity index (χ4n) is 3.67. The zero-order valence-corrected chi connectivity index (χ0v) is 12.9. The van der Waals surface area contributed by atoms with E-state index in [9.17, 15) is 14.4 Å². The molecule has 3 aliphatic rings. The van der Waals surface area contributed by atoms with Gasteiger partial charge in [-0.05, 0) is 25.3 Å². The molecule has 0 aromatic carbocycles. The summed E-state index contributed by atoms with van der Waals surface area (Å²) < 4.78 is 5.66. The molecule has 3 fully saturated rings. The molecule has 3 saturated heterocycles. The number of hydrogen-bond donors (Lipinski definition) is 1. The Morgan fingerprint density at radius 3 is 2.50 bits per heavy atom. The van der Waals surface area contributed by atoms with E-state index in [4.69, 9.17) is 4.74 Å². The van der Waals surface area contributed by atoms with Crippen LogP contribution < -0.4 is 5.43 Å². The van der Waals surface area contributed by atoms with E-state index in [1.807, 2.05) is 6.92 Å². The molecule has 6 nitrogen and oxygen atoms in total. The van der Waals surface area contributed by atoms with Crippen molar-refractivity contribution in [2.24, 2.45) is 11.8 Å². The summed E-state index contributed by atoms with van der Waals surface area (Å²) in [7, 11) is 0. The minimum atomic E-state index is -0.416. The highest BCUT2D eigenvalue weighted by molar-refractivity contribution is 7.10. The van der Waals surface area contributed by atoms with Crippen LogP contribution in [0.4, 0.5) is 0 Å². The minimum absolute atomic E-state index is 0.166. The zero-order chi connectivity index (χ0) is 15.4. The predicted octanol–water partition coefficient (Wildman–Crippen LogP) is 1.12. The lowest BCUT2D eigenvalue weighted by atomic mass is 9.81. The maximum atomic E-state index is 12.4. The smallest absolute Gasteiger partial charge is 0.271 e. The van der Waals surface area contributed by atoms with Crippen molar-refractivity contribution < 1.29 is 19.1 Å². The Kier molecular flexibility index (Phi) is 3.09. The molecule has 116 valence electrons. The summed E-state index contributed by atoms with van der Waals surface area (Å²) in [6.45, 7) is 2.01. The molecule has 3 amide bonds. The quantitative estimate of drug-likeness (QED) is 0.847. The highest BCUT2D eigenvalue weighted by atomic mass is 32.1. The van der Waals surface area contributed by atoms with Gasteiger partial charge in [-0.1, -0.05) is 6.92 Å². The van der Waals surface area contributed by atoms with E-state index < -0.39 is 17.7 Å². The molecule has 1 aromatic heterocycles. The predicted molar refractivity (Wildman–Crippen MR) is 77.9 cm³/mol. The van der Waals surface area contributed by atoms with Crippen LogP contribution in [-0.2, 0) is 20.7 Å². The third kappa shape index (κ3) is 1.85. The fraction of sp³-hybridized carbons (Fsp3) is 0.533. The molecule has 4 heterocycles. The number of imide groups is 1. The lowest BCUT2D eigenvalue weighted by Crippen LogP contribution is -2.47. The number of thiophene rings is 1. The standard InChI is InChI=1S/C15H16N2O4S/c1-2-8-5-7(6-22-8)13(18)16-17-14(19)11-9-3-4-10(21-9)12(11)15(17)20/h5-6,9-12H,2-4H2,1H3,(H,16,18)/t9-,10-,11+,12+/m1/s1. The van der Waals surface area contributed by atoms with Gasteiger partial charge in [0.15, 0.2) is 0 Å². The first-order valence-corrected chi connectivity index (χ1v) is 8.39. The average Bonchev–Trinajstić information content (AvgIpc) is 3.26. The third-order valence-corrected chi connectivity index (χ3v) is 5.84. The first-order valence-electron chi connectivity index (χ1n) is 7.51. The molecule has 0 radical (unpaired) electrons. The van der Waals surface area contributed by atoms with E-state index in [-0.39, 0.29) is 24.0 Å². The first kappa shape index (κ1) is 13.9. The van der Waals surface area contributed by atoms with Gasteiger partial charge in [-0.2, -0.15) is 5.01 Å². The molecule has 22 heavy (non-hydrogen) atoms. The topological polar surface area (TPSA) is 75.7 Å². The Labute approximate surface area is 131 Å². The lowest BCUT2D eigenvalue weighted by Gasteiger charge is -2.17. The number of hydrazine groups is 1. The van der Waals surface area contributed by atoms with Gasteiger partial charge in [0.25, 0.3) is 17.7 Å². The van der Waals surface area contributed by atoms with Gasteiger partial charge in [0.1, 0.15) is 0 Å². The van der Waals surface area contributed by atoms with Crippen molar-refractivity contribution in [3.8, 4) is 0 Å². The van der Waals surface area contributed by atoms with Crippen LogP contribution in [-0.4, -0.2) is 34.9 Å². The Bertz CT molecular complexity index is 642. The van der Waals surface area contributed by atoms with Crippen molar-refractivity contribution in [1.82, 2.24) is 10.4 Å². The maximum absolute atomic E-state index is 12.4. The number of rotatable bonds is 3. The number of fused-ring (bicyclic) bond motifs is 5. The number of nitrogens with one attached hydrogen (secondary N) is 1. The van der Waals surface area contributed by atoms with Crippen LogP contribution in [0.25, 0.3) is 0 Å². The van der Waals surface area contributed by atoms with E-state index in [0.717, 1.165) is 29.1 Å². The van der Waals surface area contributed by atoms with Crippen LogP contribution in [0.1, 0.15) is 35.0 Å². The van der Waals surface area contributed by atoms with Crippen LogP contribution in [0.3, 0.4) is 0 Å². The molecule has 3 aliphatic heterocycles. The number of amides is 3. The number of aryl methyl sites for hydroxylation is 1. The molecule has 2 bridgehead atoms. The monoisotopic (exact) mass is 320 g/mol. The van der Waals surface area contributed by atoms with Crippen LogP contribution >= 0.6 is 11.3 Å². The van der Waals surface area contributed by atoms with Crippen molar-refractivity contribution in [2.75, 3.05) is 0 Å². The summed E-state index contributed by atoms with van der Waals surface area (Å²) in [6, 6.07) is 1.79. The molecule has 4 atom stereocenters. The van der Waals surface area contributed by atoms with E-state index in [2.05, 4.69) is 5.43 Å². The second-order valence-corrected chi connectivity index (χ2v) is 6.95. The maximum Gasteiger partial charge on any atom is 0.271 e. The van der Waals surface area contributed by atoms with Gasteiger partial charge >= 0.3 is 0 Å². The summed E-state index contributed by atoms with van der Waals surface area (Å²) in [6.07, 6.45) is 2.15. The number of hydrogen-bond acceptors (Lipinski definition) is 5. The number of ether oxygens (including phenoxy) is 1. The fourth-order valence-corrected chi connectivity index (χ4v) is 4.49. The van der Waals surface area contributed by atoms with Crippen molar-refractivity contribution in [3.63, 3.8) is 0 Å². The number of carbonyl (C=O) groups is 3. The van der Waals surface area contributed by atoms with Gasteiger partial charge in [-0.3, -0.25) is 19.8 Å². The van der Waals surface area contributed by atoms with E-state index in [0.29, 0.717) is 5.56 Å². The molecule has 0 aliphatic carbocycles. The number of nitrogens with zero attached hydrogens (tertiary/aromatic N) is 1.